The predicted octanol–water partition coefficient (Wildman–Crippen LogP) is 3.30. The van der Waals surface area contributed by atoms with E-state index in [0.717, 1.165) is 16.5 Å². The Morgan fingerprint density at radius 1 is 1.25 bits per heavy atom. The molecule has 0 saturated heterocycles. The molecule has 1 aromatic heterocycles. The molecule has 0 aliphatic rings. The van der Waals surface area contributed by atoms with E-state index in [9.17, 15) is 4.79 Å². The molecule has 0 unspecified atom stereocenters. The molecule has 0 saturated carbocycles. The van der Waals surface area contributed by atoms with E-state index < -0.39 is 0 Å². The summed E-state index contributed by atoms with van der Waals surface area (Å²) >= 11 is 1.47. The third-order valence-electron chi connectivity index (χ3n) is 2.53. The van der Waals surface area contributed by atoms with Gasteiger partial charge in [0.25, 0.3) is 0 Å². The highest BCUT2D eigenvalue weighted by atomic mass is 32.2. The molecule has 0 aliphatic carbocycles. The van der Waals surface area contributed by atoms with Gasteiger partial charge in [-0.25, -0.2) is 9.97 Å². The number of hydrogen-bond acceptors (Lipinski definition) is 4. The Hall–Kier alpha value is -1.10. The van der Waals surface area contributed by atoms with Crippen LogP contribution in [0.2, 0.25) is 0 Å². The third-order valence-corrected chi connectivity index (χ3v) is 3.55. The third kappa shape index (κ3) is 5.49. The minimum atomic E-state index is -0.212. The van der Waals surface area contributed by atoms with Crippen molar-refractivity contribution in [1.29, 1.82) is 0 Å². The number of rotatable bonds is 4. The quantitative estimate of drug-likeness (QED) is 0.684. The molecule has 0 fully saturated rings. The summed E-state index contributed by atoms with van der Waals surface area (Å²) in [5.74, 6) is 1.15. The van der Waals surface area contributed by atoms with E-state index in [0.29, 0.717) is 0 Å². The summed E-state index contributed by atoms with van der Waals surface area (Å²) in [6.45, 7) is 13.9. The molecule has 0 bridgehead atoms. The van der Waals surface area contributed by atoms with Gasteiger partial charge in [0.2, 0.25) is 5.91 Å². The lowest BCUT2D eigenvalue weighted by Gasteiger charge is -2.23. The molecule has 112 valence electrons. The van der Waals surface area contributed by atoms with Gasteiger partial charge in [0.1, 0.15) is 10.9 Å². The van der Waals surface area contributed by atoms with Crippen LogP contribution in [-0.4, -0.2) is 26.7 Å². The maximum atomic E-state index is 12.1. The first-order chi connectivity index (χ1) is 9.08. The molecular weight excluding hydrogens is 270 g/mol. The van der Waals surface area contributed by atoms with Crippen molar-refractivity contribution in [1.82, 2.24) is 15.3 Å². The Labute approximate surface area is 126 Å². The van der Waals surface area contributed by atoms with Crippen molar-refractivity contribution < 1.29 is 4.79 Å². The summed E-state index contributed by atoms with van der Waals surface area (Å²) in [6.07, 6.45) is 0. The molecule has 1 heterocycles. The molecule has 20 heavy (non-hydrogen) atoms. The molecule has 4 nitrogen and oxygen atoms in total. The number of carbonyl (C=O) groups excluding carboxylic acids is 1. The van der Waals surface area contributed by atoms with Crippen molar-refractivity contribution in [2.45, 2.75) is 70.2 Å². The van der Waals surface area contributed by atoms with Gasteiger partial charge < -0.3 is 5.32 Å². The van der Waals surface area contributed by atoms with Crippen LogP contribution in [0.15, 0.2) is 11.1 Å². The lowest BCUT2D eigenvalue weighted by atomic mass is 10.1. The Bertz CT molecular complexity index is 480. The molecule has 5 heteroatoms. The molecule has 0 radical (unpaired) electrons. The number of nitrogens with one attached hydrogen (secondary N) is 1. The average molecular weight is 295 g/mol. The fourth-order valence-electron chi connectivity index (χ4n) is 1.59. The Balaban J connectivity index is 2.80. The van der Waals surface area contributed by atoms with Crippen LogP contribution in [0.25, 0.3) is 0 Å². The molecule has 1 amide bonds. The molecule has 0 spiro atoms. The normalized spacial score (nSPS) is 13.4. The van der Waals surface area contributed by atoms with E-state index in [2.05, 4.69) is 29.1 Å². The number of amides is 1. The molecule has 0 aliphatic heterocycles. The van der Waals surface area contributed by atoms with Gasteiger partial charge in [0, 0.05) is 17.2 Å². The van der Waals surface area contributed by atoms with Crippen LogP contribution in [-0.2, 0) is 4.79 Å². The largest absolute Gasteiger partial charge is 0.351 e. The topological polar surface area (TPSA) is 54.9 Å². The van der Waals surface area contributed by atoms with Gasteiger partial charge in [-0.3, -0.25) is 4.79 Å². The van der Waals surface area contributed by atoms with Crippen LogP contribution >= 0.6 is 11.8 Å². The zero-order valence-corrected chi connectivity index (χ0v) is 14.3. The fraction of sp³-hybridized carbons (Fsp3) is 0.667. The van der Waals surface area contributed by atoms with Crippen LogP contribution in [0, 0.1) is 6.92 Å². The second kappa shape index (κ2) is 6.57. The Kier molecular flexibility index (Phi) is 5.57. The molecule has 1 atom stereocenters. The van der Waals surface area contributed by atoms with E-state index in [1.807, 2.05) is 40.7 Å². The van der Waals surface area contributed by atoms with Crippen molar-refractivity contribution in [3.63, 3.8) is 0 Å². The second-order valence-corrected chi connectivity index (χ2v) is 7.72. The molecule has 1 aromatic rings. The molecule has 0 aromatic carbocycles. The summed E-state index contributed by atoms with van der Waals surface area (Å²) in [5.41, 5.74) is 0.728. The van der Waals surface area contributed by atoms with E-state index in [1.54, 1.807) is 0 Å². The van der Waals surface area contributed by atoms with E-state index in [4.69, 9.17) is 0 Å². The SMILES string of the molecule is Cc1cc(S[C@H](C)C(=O)NC(C)(C)C)nc(C(C)C)n1. The van der Waals surface area contributed by atoms with Gasteiger partial charge in [-0.1, -0.05) is 25.6 Å². The molecule has 1 rings (SSSR count). The second-order valence-electron chi connectivity index (χ2n) is 6.36. The Morgan fingerprint density at radius 3 is 2.35 bits per heavy atom. The highest BCUT2D eigenvalue weighted by Crippen LogP contribution is 2.24. The van der Waals surface area contributed by atoms with Crippen LogP contribution in [0.5, 0.6) is 0 Å². The maximum absolute atomic E-state index is 12.1. The first-order valence-corrected chi connectivity index (χ1v) is 7.80. The van der Waals surface area contributed by atoms with Gasteiger partial charge in [-0.15, -0.1) is 0 Å². The van der Waals surface area contributed by atoms with Gasteiger partial charge in [0.05, 0.1) is 5.25 Å². The standard InChI is InChI=1S/C15H25N3OS/c1-9(2)13-16-10(3)8-12(17-13)20-11(4)14(19)18-15(5,6)7/h8-9,11H,1-7H3,(H,18,19)/t11-/m1/s1. The van der Waals surface area contributed by atoms with Crippen molar-refractivity contribution in [3.8, 4) is 0 Å². The summed E-state index contributed by atoms with van der Waals surface area (Å²) in [5, 5.41) is 3.67. The minimum Gasteiger partial charge on any atom is -0.351 e. The first-order valence-electron chi connectivity index (χ1n) is 6.93. The van der Waals surface area contributed by atoms with Crippen molar-refractivity contribution in [2.75, 3.05) is 0 Å². The highest BCUT2D eigenvalue weighted by Gasteiger charge is 2.21. The minimum absolute atomic E-state index is 0.0323. The van der Waals surface area contributed by atoms with Crippen LogP contribution in [0.4, 0.5) is 0 Å². The number of hydrogen-bond donors (Lipinski definition) is 1. The number of aryl methyl sites for hydroxylation is 1. The van der Waals surface area contributed by atoms with E-state index in [-0.39, 0.29) is 22.6 Å². The summed E-state index contributed by atoms with van der Waals surface area (Å²) in [6, 6.07) is 1.93. The van der Waals surface area contributed by atoms with Crippen LogP contribution in [0.1, 0.15) is 59.0 Å². The lowest BCUT2D eigenvalue weighted by Crippen LogP contribution is -2.44. The molecular formula is C15H25N3OS. The van der Waals surface area contributed by atoms with E-state index >= 15 is 0 Å². The fourth-order valence-corrected chi connectivity index (χ4v) is 2.50. The zero-order valence-electron chi connectivity index (χ0n) is 13.4. The van der Waals surface area contributed by atoms with Gasteiger partial charge in [-0.05, 0) is 40.7 Å². The average Bonchev–Trinajstić information content (AvgIpc) is 2.25. The zero-order chi connectivity index (χ0) is 15.5. The van der Waals surface area contributed by atoms with Crippen molar-refractivity contribution in [3.05, 3.63) is 17.6 Å². The summed E-state index contributed by atoms with van der Waals surface area (Å²) in [7, 11) is 0. The van der Waals surface area contributed by atoms with Crippen molar-refractivity contribution >= 4 is 17.7 Å². The maximum Gasteiger partial charge on any atom is 0.233 e. The number of aromatic nitrogens is 2. The number of nitrogens with zero attached hydrogens (tertiary/aromatic N) is 2. The van der Waals surface area contributed by atoms with Crippen LogP contribution < -0.4 is 5.32 Å². The monoisotopic (exact) mass is 295 g/mol. The predicted molar refractivity (Wildman–Crippen MR) is 84.1 cm³/mol. The Morgan fingerprint density at radius 2 is 1.85 bits per heavy atom. The summed E-state index contributed by atoms with van der Waals surface area (Å²) < 4.78 is 0. The number of carbonyl (C=O) groups is 1. The molecule has 1 N–H and O–H groups in total. The smallest absolute Gasteiger partial charge is 0.233 e. The highest BCUT2D eigenvalue weighted by molar-refractivity contribution is 8.00. The van der Waals surface area contributed by atoms with E-state index in [1.165, 1.54) is 11.8 Å². The lowest BCUT2D eigenvalue weighted by molar-refractivity contribution is -0.121. The first kappa shape index (κ1) is 17.0. The van der Waals surface area contributed by atoms with Gasteiger partial charge >= 0.3 is 0 Å². The number of thioether (sulfide) groups is 1. The van der Waals surface area contributed by atoms with Gasteiger partial charge in [-0.2, -0.15) is 0 Å². The van der Waals surface area contributed by atoms with Crippen molar-refractivity contribution in [2.24, 2.45) is 0 Å². The summed E-state index contributed by atoms with van der Waals surface area (Å²) in [4.78, 5) is 21.0. The van der Waals surface area contributed by atoms with Crippen LogP contribution in [0.3, 0.4) is 0 Å². The van der Waals surface area contributed by atoms with Gasteiger partial charge in [0.15, 0.2) is 0 Å².